The molecule has 3 aromatic rings. The van der Waals surface area contributed by atoms with Crippen LogP contribution in [0.15, 0.2) is 51.7 Å². The maximum atomic E-state index is 12.7. The molecule has 4 rings (SSSR count). The Morgan fingerprint density at radius 2 is 1.72 bits per heavy atom. The number of carbonyl (C=O) groups is 1. The highest BCUT2D eigenvalue weighted by Crippen LogP contribution is 2.29. The highest BCUT2D eigenvalue weighted by molar-refractivity contribution is 5.90. The molecule has 1 heterocycles. The highest BCUT2D eigenvalue weighted by atomic mass is 16.5. The van der Waals surface area contributed by atoms with Crippen molar-refractivity contribution in [1.29, 1.82) is 0 Å². The van der Waals surface area contributed by atoms with Gasteiger partial charge in [-0.1, -0.05) is 12.1 Å². The molecule has 0 unspecified atom stereocenters. The van der Waals surface area contributed by atoms with Crippen molar-refractivity contribution < 1.29 is 13.9 Å². The predicted octanol–water partition coefficient (Wildman–Crippen LogP) is 4.47. The molecule has 4 heteroatoms. The third-order valence-electron chi connectivity index (χ3n) is 5.10. The number of hydrogen-bond acceptors (Lipinski definition) is 4. The zero-order valence-corrected chi connectivity index (χ0v) is 14.2. The summed E-state index contributed by atoms with van der Waals surface area (Å²) >= 11 is 0. The molecule has 0 spiro atoms. The normalized spacial score (nSPS) is 20.7. The van der Waals surface area contributed by atoms with E-state index >= 15 is 0 Å². The summed E-state index contributed by atoms with van der Waals surface area (Å²) in [6, 6.07) is 12.7. The second kappa shape index (κ2) is 6.36. The molecular formula is C21H20O4. The van der Waals surface area contributed by atoms with Crippen LogP contribution in [0.4, 0.5) is 0 Å². The smallest absolute Gasteiger partial charge is 0.200 e. The van der Waals surface area contributed by atoms with E-state index in [1.807, 2.05) is 18.2 Å². The summed E-state index contributed by atoms with van der Waals surface area (Å²) in [5.74, 6) is 1.13. The van der Waals surface area contributed by atoms with Crippen LogP contribution in [0.3, 0.4) is 0 Å². The highest BCUT2D eigenvalue weighted by Gasteiger charge is 2.25. The molecule has 0 aliphatic heterocycles. The lowest BCUT2D eigenvalue weighted by atomic mass is 9.85. The van der Waals surface area contributed by atoms with Crippen LogP contribution in [0, 0.1) is 5.92 Å². The summed E-state index contributed by atoms with van der Waals surface area (Å²) in [5, 5.41) is 1.11. The third kappa shape index (κ3) is 3.04. The number of fused-ring (bicyclic) bond motifs is 2. The number of hydrogen-bond donors (Lipinski definition) is 0. The van der Waals surface area contributed by atoms with Gasteiger partial charge in [-0.2, -0.15) is 0 Å². The zero-order chi connectivity index (χ0) is 17.4. The zero-order valence-electron chi connectivity index (χ0n) is 14.2. The van der Waals surface area contributed by atoms with E-state index in [1.165, 1.54) is 0 Å². The Morgan fingerprint density at radius 1 is 1.00 bits per heavy atom. The number of carbonyl (C=O) groups excluding carboxylic acids is 1. The second-order valence-corrected chi connectivity index (χ2v) is 6.79. The Kier molecular flexibility index (Phi) is 4.04. The van der Waals surface area contributed by atoms with Crippen LogP contribution >= 0.6 is 0 Å². The van der Waals surface area contributed by atoms with Crippen molar-refractivity contribution in [3.8, 4) is 5.75 Å². The topological polar surface area (TPSA) is 56.5 Å². The van der Waals surface area contributed by atoms with E-state index < -0.39 is 0 Å². The first-order chi connectivity index (χ1) is 12.1. The molecule has 1 aromatic heterocycles. The summed E-state index contributed by atoms with van der Waals surface area (Å²) in [5.41, 5.74) is 1.12. The van der Waals surface area contributed by atoms with E-state index in [9.17, 15) is 9.59 Å². The van der Waals surface area contributed by atoms with Gasteiger partial charge < -0.3 is 9.15 Å². The first kappa shape index (κ1) is 15.9. The van der Waals surface area contributed by atoms with Crippen LogP contribution < -0.4 is 10.2 Å². The minimum atomic E-state index is -0.0393. The second-order valence-electron chi connectivity index (χ2n) is 6.79. The van der Waals surface area contributed by atoms with Crippen LogP contribution in [-0.2, 0) is 4.79 Å². The minimum Gasteiger partial charge on any atom is -0.490 e. The first-order valence-corrected chi connectivity index (χ1v) is 8.74. The summed E-state index contributed by atoms with van der Waals surface area (Å²) in [6.07, 6.45) is 3.59. The maximum absolute atomic E-state index is 12.7. The van der Waals surface area contributed by atoms with E-state index in [2.05, 4.69) is 0 Å². The average Bonchev–Trinajstić information content (AvgIpc) is 2.63. The van der Waals surface area contributed by atoms with Crippen LogP contribution in [0.2, 0.25) is 0 Å². The molecule has 0 amide bonds. The van der Waals surface area contributed by atoms with Gasteiger partial charge in [0.05, 0.1) is 16.9 Å². The fourth-order valence-electron chi connectivity index (χ4n) is 3.64. The quantitative estimate of drug-likeness (QED) is 0.662. The minimum absolute atomic E-state index is 0.0393. The molecule has 25 heavy (non-hydrogen) atoms. The number of Topliss-reactive ketones (excluding diaryl/α,β-unsaturated/α-hetero) is 1. The summed E-state index contributed by atoms with van der Waals surface area (Å²) < 4.78 is 11.9. The molecule has 1 aliphatic carbocycles. The average molecular weight is 336 g/mol. The van der Waals surface area contributed by atoms with Gasteiger partial charge in [-0.3, -0.25) is 9.59 Å². The van der Waals surface area contributed by atoms with E-state index in [0.29, 0.717) is 27.7 Å². The van der Waals surface area contributed by atoms with Gasteiger partial charge in [-0.05, 0) is 62.9 Å². The Hall–Kier alpha value is -2.62. The number of ketones is 1. The predicted molar refractivity (Wildman–Crippen MR) is 97.0 cm³/mol. The molecule has 1 saturated carbocycles. The number of ether oxygens (including phenoxy) is 1. The van der Waals surface area contributed by atoms with Gasteiger partial charge >= 0.3 is 0 Å². The van der Waals surface area contributed by atoms with Crippen LogP contribution in [-0.4, -0.2) is 11.9 Å². The molecule has 0 bridgehead atoms. The van der Waals surface area contributed by atoms with Gasteiger partial charge in [-0.15, -0.1) is 0 Å². The fraction of sp³-hybridized carbons (Fsp3) is 0.333. The lowest BCUT2D eigenvalue weighted by Gasteiger charge is -2.27. The molecule has 2 aromatic carbocycles. The molecule has 0 saturated heterocycles. The summed E-state index contributed by atoms with van der Waals surface area (Å²) in [6.45, 7) is 1.67. The largest absolute Gasteiger partial charge is 0.490 e. The standard InChI is InChI=1S/C21H20O4/c1-13(22)14-6-8-15(9-7-14)24-16-10-11-20-18(12-16)21(23)17-4-2-3-5-19(17)25-20/h2-5,10-12,14-15H,6-9H2,1H3/t14-,15-. The van der Waals surface area contributed by atoms with Gasteiger partial charge in [0.2, 0.25) is 5.43 Å². The molecule has 1 fully saturated rings. The number of para-hydroxylation sites is 1. The molecule has 0 radical (unpaired) electrons. The van der Waals surface area contributed by atoms with E-state index in [1.54, 1.807) is 31.2 Å². The van der Waals surface area contributed by atoms with Crippen molar-refractivity contribution in [2.24, 2.45) is 5.92 Å². The van der Waals surface area contributed by atoms with E-state index in [-0.39, 0.29) is 23.2 Å². The lowest BCUT2D eigenvalue weighted by molar-refractivity contribution is -0.122. The molecule has 0 N–H and O–H groups in total. The van der Waals surface area contributed by atoms with Crippen molar-refractivity contribution in [1.82, 2.24) is 0 Å². The molecule has 4 nitrogen and oxygen atoms in total. The molecule has 1 aliphatic rings. The molecule has 128 valence electrons. The fourth-order valence-corrected chi connectivity index (χ4v) is 3.64. The van der Waals surface area contributed by atoms with Crippen LogP contribution in [0.25, 0.3) is 21.9 Å². The van der Waals surface area contributed by atoms with Crippen molar-refractivity contribution in [2.45, 2.75) is 38.7 Å². The van der Waals surface area contributed by atoms with Gasteiger partial charge in [0.15, 0.2) is 0 Å². The van der Waals surface area contributed by atoms with E-state index in [0.717, 1.165) is 25.7 Å². The Morgan fingerprint density at radius 3 is 2.48 bits per heavy atom. The van der Waals surface area contributed by atoms with E-state index in [4.69, 9.17) is 9.15 Å². The van der Waals surface area contributed by atoms with Crippen LogP contribution in [0.5, 0.6) is 5.75 Å². The van der Waals surface area contributed by atoms with Crippen molar-refractivity contribution in [3.63, 3.8) is 0 Å². The molecule has 0 atom stereocenters. The van der Waals surface area contributed by atoms with Crippen LogP contribution in [0.1, 0.15) is 32.6 Å². The first-order valence-electron chi connectivity index (χ1n) is 8.74. The molecular weight excluding hydrogens is 316 g/mol. The van der Waals surface area contributed by atoms with Crippen molar-refractivity contribution in [2.75, 3.05) is 0 Å². The van der Waals surface area contributed by atoms with Gasteiger partial charge in [0, 0.05) is 5.92 Å². The van der Waals surface area contributed by atoms with Crippen molar-refractivity contribution in [3.05, 3.63) is 52.7 Å². The van der Waals surface area contributed by atoms with Gasteiger partial charge in [0.1, 0.15) is 22.7 Å². The monoisotopic (exact) mass is 336 g/mol. The summed E-state index contributed by atoms with van der Waals surface area (Å²) in [4.78, 5) is 24.2. The van der Waals surface area contributed by atoms with Gasteiger partial charge in [0.25, 0.3) is 0 Å². The Balaban J connectivity index is 1.61. The Bertz CT molecular complexity index is 994. The lowest BCUT2D eigenvalue weighted by Crippen LogP contribution is -2.27. The maximum Gasteiger partial charge on any atom is 0.200 e. The third-order valence-corrected chi connectivity index (χ3v) is 5.10. The SMILES string of the molecule is CC(=O)[C@H]1CC[C@H](Oc2ccc3oc4ccccc4c(=O)c3c2)CC1. The van der Waals surface area contributed by atoms with Crippen molar-refractivity contribution >= 4 is 27.7 Å². The number of rotatable bonds is 3. The van der Waals surface area contributed by atoms with Gasteiger partial charge in [-0.25, -0.2) is 0 Å². The number of benzene rings is 2. The Labute approximate surface area is 145 Å². The summed E-state index contributed by atoms with van der Waals surface area (Å²) in [7, 11) is 0.